The number of nitrogens with zero attached hydrogens (tertiary/aromatic N) is 1. The van der Waals surface area contributed by atoms with E-state index in [2.05, 4.69) is 17.1 Å². The molecule has 0 heterocycles. The van der Waals surface area contributed by atoms with Gasteiger partial charge in [-0.2, -0.15) is 0 Å². The first-order chi connectivity index (χ1) is 9.89. The SMILES string of the molecule is CCC1C[C@H](C(=O)NCC2(N(C)C)CCC2)[C@H](C(=O)O)C1. The smallest absolute Gasteiger partial charge is 0.307 e. The number of hydrogen-bond acceptors (Lipinski definition) is 3. The van der Waals surface area contributed by atoms with Gasteiger partial charge in [0, 0.05) is 12.1 Å². The van der Waals surface area contributed by atoms with Gasteiger partial charge in [-0.15, -0.1) is 0 Å². The number of carbonyl (C=O) groups excluding carboxylic acids is 1. The molecule has 0 spiro atoms. The summed E-state index contributed by atoms with van der Waals surface area (Å²) in [4.78, 5) is 26.0. The van der Waals surface area contributed by atoms with Gasteiger partial charge in [-0.3, -0.25) is 9.59 Å². The van der Waals surface area contributed by atoms with E-state index in [1.165, 1.54) is 6.42 Å². The fourth-order valence-corrected chi connectivity index (χ4v) is 3.79. The van der Waals surface area contributed by atoms with Crippen molar-refractivity contribution in [2.24, 2.45) is 17.8 Å². The fraction of sp³-hybridized carbons (Fsp3) is 0.875. The molecule has 5 heteroatoms. The molecule has 0 aliphatic heterocycles. The Labute approximate surface area is 127 Å². The summed E-state index contributed by atoms with van der Waals surface area (Å²) < 4.78 is 0. The average molecular weight is 296 g/mol. The van der Waals surface area contributed by atoms with Crippen molar-refractivity contribution in [2.45, 2.75) is 51.0 Å². The van der Waals surface area contributed by atoms with Gasteiger partial charge in [0.05, 0.1) is 11.8 Å². The Kier molecular flexibility index (Phi) is 4.91. The van der Waals surface area contributed by atoms with Crippen molar-refractivity contribution in [2.75, 3.05) is 20.6 Å². The Morgan fingerprint density at radius 2 is 1.86 bits per heavy atom. The van der Waals surface area contributed by atoms with Crippen LogP contribution in [0.15, 0.2) is 0 Å². The zero-order chi connectivity index (χ0) is 15.6. The number of carboxylic acids is 1. The molecule has 21 heavy (non-hydrogen) atoms. The molecule has 1 amide bonds. The predicted molar refractivity (Wildman–Crippen MR) is 80.9 cm³/mol. The molecule has 0 bridgehead atoms. The van der Waals surface area contributed by atoms with Crippen LogP contribution >= 0.6 is 0 Å². The zero-order valence-electron chi connectivity index (χ0n) is 13.4. The van der Waals surface area contributed by atoms with Crippen molar-refractivity contribution < 1.29 is 14.7 Å². The molecule has 0 saturated heterocycles. The first kappa shape index (κ1) is 16.3. The van der Waals surface area contributed by atoms with Crippen molar-refractivity contribution in [3.63, 3.8) is 0 Å². The second-order valence-corrected chi connectivity index (χ2v) is 6.99. The maximum Gasteiger partial charge on any atom is 0.307 e. The van der Waals surface area contributed by atoms with Crippen LogP contribution in [0.3, 0.4) is 0 Å². The van der Waals surface area contributed by atoms with Gasteiger partial charge in [-0.05, 0) is 52.1 Å². The molecular weight excluding hydrogens is 268 g/mol. The van der Waals surface area contributed by atoms with Crippen molar-refractivity contribution in [1.29, 1.82) is 0 Å². The first-order valence-corrected chi connectivity index (χ1v) is 8.07. The Morgan fingerprint density at radius 3 is 2.29 bits per heavy atom. The van der Waals surface area contributed by atoms with Crippen LogP contribution in [0.4, 0.5) is 0 Å². The maximum atomic E-state index is 12.4. The number of hydrogen-bond donors (Lipinski definition) is 2. The van der Waals surface area contributed by atoms with Gasteiger partial charge in [0.15, 0.2) is 0 Å². The number of amides is 1. The second-order valence-electron chi connectivity index (χ2n) is 6.99. The molecule has 0 aromatic rings. The van der Waals surface area contributed by atoms with Gasteiger partial charge < -0.3 is 15.3 Å². The number of likely N-dealkylation sites (N-methyl/N-ethyl adjacent to an activating group) is 1. The highest BCUT2D eigenvalue weighted by atomic mass is 16.4. The lowest BCUT2D eigenvalue weighted by Crippen LogP contribution is -2.57. The molecule has 1 unspecified atom stereocenters. The molecule has 2 rings (SSSR count). The normalized spacial score (nSPS) is 31.0. The Bertz CT molecular complexity index is 404. The van der Waals surface area contributed by atoms with E-state index in [0.717, 1.165) is 19.3 Å². The summed E-state index contributed by atoms with van der Waals surface area (Å²) in [6, 6.07) is 0. The number of aliphatic carboxylic acids is 1. The molecule has 2 saturated carbocycles. The van der Waals surface area contributed by atoms with E-state index in [1.807, 2.05) is 14.1 Å². The largest absolute Gasteiger partial charge is 0.481 e. The van der Waals surface area contributed by atoms with Gasteiger partial charge in [-0.1, -0.05) is 13.3 Å². The monoisotopic (exact) mass is 296 g/mol. The summed E-state index contributed by atoms with van der Waals surface area (Å²) in [5.41, 5.74) is 0.0805. The molecule has 2 aliphatic carbocycles. The van der Waals surface area contributed by atoms with Crippen molar-refractivity contribution in [3.8, 4) is 0 Å². The summed E-state index contributed by atoms with van der Waals surface area (Å²) in [6.07, 6.45) is 5.72. The van der Waals surface area contributed by atoms with Gasteiger partial charge in [0.1, 0.15) is 0 Å². The van der Waals surface area contributed by atoms with Crippen LogP contribution in [0.1, 0.15) is 45.4 Å². The van der Waals surface area contributed by atoms with Gasteiger partial charge in [0.2, 0.25) is 5.91 Å². The topological polar surface area (TPSA) is 69.6 Å². The molecule has 2 fully saturated rings. The molecule has 5 nitrogen and oxygen atoms in total. The van der Waals surface area contributed by atoms with Crippen molar-refractivity contribution >= 4 is 11.9 Å². The summed E-state index contributed by atoms with van der Waals surface area (Å²) in [6.45, 7) is 2.71. The molecule has 3 atom stereocenters. The summed E-state index contributed by atoms with van der Waals surface area (Å²) in [5, 5.41) is 12.4. The van der Waals surface area contributed by atoms with Crippen LogP contribution in [0, 0.1) is 17.8 Å². The Morgan fingerprint density at radius 1 is 1.24 bits per heavy atom. The molecule has 2 aliphatic rings. The molecular formula is C16H28N2O3. The van der Waals surface area contributed by atoms with Crippen LogP contribution < -0.4 is 5.32 Å². The second kappa shape index (κ2) is 6.34. The number of nitrogens with one attached hydrogen (secondary N) is 1. The Hall–Kier alpha value is -1.10. The minimum atomic E-state index is -0.822. The van der Waals surface area contributed by atoms with E-state index < -0.39 is 11.9 Å². The van der Waals surface area contributed by atoms with Gasteiger partial charge in [0.25, 0.3) is 0 Å². The molecule has 0 radical (unpaired) electrons. The van der Waals surface area contributed by atoms with E-state index in [-0.39, 0.29) is 17.4 Å². The summed E-state index contributed by atoms with van der Waals surface area (Å²) in [5.74, 6) is -1.38. The highest BCUT2D eigenvalue weighted by molar-refractivity contribution is 5.85. The van der Waals surface area contributed by atoms with E-state index in [1.54, 1.807) is 0 Å². The zero-order valence-corrected chi connectivity index (χ0v) is 13.4. The minimum absolute atomic E-state index is 0.0634. The van der Waals surface area contributed by atoms with Crippen LogP contribution in [-0.2, 0) is 9.59 Å². The average Bonchev–Trinajstić information content (AvgIpc) is 2.81. The molecule has 2 N–H and O–H groups in total. The van der Waals surface area contributed by atoms with Gasteiger partial charge in [-0.25, -0.2) is 0 Å². The third-order valence-corrected chi connectivity index (χ3v) is 5.72. The number of rotatable bonds is 6. The van der Waals surface area contributed by atoms with Crippen LogP contribution in [-0.4, -0.2) is 48.1 Å². The van der Waals surface area contributed by atoms with E-state index in [0.29, 0.717) is 25.3 Å². The lowest BCUT2D eigenvalue weighted by molar-refractivity contribution is -0.146. The third-order valence-electron chi connectivity index (χ3n) is 5.72. The predicted octanol–water partition coefficient (Wildman–Crippen LogP) is 1.72. The minimum Gasteiger partial charge on any atom is -0.481 e. The van der Waals surface area contributed by atoms with Crippen molar-refractivity contribution in [1.82, 2.24) is 10.2 Å². The number of carboxylic acid groups (broad SMARTS) is 1. The fourth-order valence-electron chi connectivity index (χ4n) is 3.79. The summed E-state index contributed by atoms with van der Waals surface area (Å²) in [7, 11) is 4.10. The molecule has 0 aromatic carbocycles. The molecule has 0 aromatic heterocycles. The summed E-state index contributed by atoms with van der Waals surface area (Å²) >= 11 is 0. The lowest BCUT2D eigenvalue weighted by Gasteiger charge is -2.47. The number of carbonyl (C=O) groups is 2. The van der Waals surface area contributed by atoms with E-state index >= 15 is 0 Å². The Balaban J connectivity index is 1.94. The van der Waals surface area contributed by atoms with E-state index in [4.69, 9.17) is 0 Å². The lowest BCUT2D eigenvalue weighted by atomic mass is 9.75. The highest BCUT2D eigenvalue weighted by Gasteiger charge is 2.44. The van der Waals surface area contributed by atoms with E-state index in [9.17, 15) is 14.7 Å². The van der Waals surface area contributed by atoms with Gasteiger partial charge >= 0.3 is 5.97 Å². The first-order valence-electron chi connectivity index (χ1n) is 8.07. The van der Waals surface area contributed by atoms with Crippen LogP contribution in [0.2, 0.25) is 0 Å². The highest BCUT2D eigenvalue weighted by Crippen LogP contribution is 2.39. The standard InChI is InChI=1S/C16H28N2O3/c1-4-11-8-12(13(9-11)15(20)21)14(19)17-10-16(18(2)3)6-5-7-16/h11-13H,4-10H2,1-3H3,(H,17,19)(H,20,21)/t11?,12-,13+/m0/s1. The molecule has 120 valence electrons. The maximum absolute atomic E-state index is 12.4. The van der Waals surface area contributed by atoms with Crippen LogP contribution in [0.25, 0.3) is 0 Å². The van der Waals surface area contributed by atoms with Crippen LogP contribution in [0.5, 0.6) is 0 Å². The third kappa shape index (κ3) is 3.23. The van der Waals surface area contributed by atoms with Crippen molar-refractivity contribution in [3.05, 3.63) is 0 Å². The quantitative estimate of drug-likeness (QED) is 0.783.